The molecule has 2 aromatic carbocycles. The number of rotatable bonds is 5. The predicted molar refractivity (Wildman–Crippen MR) is 101 cm³/mol. The van der Waals surface area contributed by atoms with Gasteiger partial charge in [-0.05, 0) is 31.0 Å². The van der Waals surface area contributed by atoms with Crippen molar-refractivity contribution in [3.63, 3.8) is 0 Å². The number of hydrogen-bond acceptors (Lipinski definition) is 4. The number of sulfonamides is 1. The van der Waals surface area contributed by atoms with Gasteiger partial charge in [0.1, 0.15) is 10.7 Å². The monoisotopic (exact) mass is 445 g/mol. The van der Waals surface area contributed by atoms with Crippen LogP contribution >= 0.6 is 0 Å². The quantitative estimate of drug-likeness (QED) is 0.547. The summed E-state index contributed by atoms with van der Waals surface area (Å²) in [4.78, 5) is 11.7. The van der Waals surface area contributed by atoms with Crippen LogP contribution in [0.4, 0.5) is 23.2 Å². The van der Waals surface area contributed by atoms with Crippen molar-refractivity contribution >= 4 is 21.6 Å². The zero-order chi connectivity index (χ0) is 22.1. The summed E-state index contributed by atoms with van der Waals surface area (Å²) < 4.78 is 81.2. The summed E-state index contributed by atoms with van der Waals surface area (Å²) in [5, 5.41) is 2.13. The average Bonchev–Trinajstić information content (AvgIpc) is 2.72. The number of nitrogens with one attached hydrogen (secondary N) is 1. The molecular weight excluding hydrogens is 426 g/mol. The largest absolute Gasteiger partial charge is 0.329 e. The number of piperidine rings is 1. The maximum atomic E-state index is 14.4. The summed E-state index contributed by atoms with van der Waals surface area (Å²) in [5.74, 6) is -6.71. The SMILES string of the molecule is NCC1CCCCN1S(=O)(=O)c1cc(C(=O)Nc2cc(F)c(F)c(F)c2)ccc1F. The lowest BCUT2D eigenvalue weighted by molar-refractivity contribution is 0.102. The van der Waals surface area contributed by atoms with Crippen molar-refractivity contribution in [1.29, 1.82) is 0 Å². The van der Waals surface area contributed by atoms with Crippen LogP contribution in [0.2, 0.25) is 0 Å². The Morgan fingerprint density at radius 3 is 2.37 bits per heavy atom. The highest BCUT2D eigenvalue weighted by molar-refractivity contribution is 7.89. The predicted octanol–water partition coefficient (Wildman–Crippen LogP) is 3.00. The Kier molecular flexibility index (Phi) is 6.44. The van der Waals surface area contributed by atoms with Crippen LogP contribution in [0.15, 0.2) is 35.2 Å². The number of carbonyl (C=O) groups is 1. The molecular formula is C19H19F4N3O3S. The lowest BCUT2D eigenvalue weighted by Gasteiger charge is -2.34. The smallest absolute Gasteiger partial charge is 0.255 e. The van der Waals surface area contributed by atoms with Gasteiger partial charge in [-0.15, -0.1) is 0 Å². The van der Waals surface area contributed by atoms with Gasteiger partial charge >= 0.3 is 0 Å². The van der Waals surface area contributed by atoms with E-state index in [9.17, 15) is 30.8 Å². The first-order chi connectivity index (χ1) is 14.1. The molecule has 0 spiro atoms. The number of anilines is 1. The number of nitrogens with zero attached hydrogens (tertiary/aromatic N) is 1. The highest BCUT2D eigenvalue weighted by Crippen LogP contribution is 2.27. The van der Waals surface area contributed by atoms with E-state index in [0.29, 0.717) is 25.0 Å². The van der Waals surface area contributed by atoms with Crippen molar-refractivity contribution in [2.24, 2.45) is 5.73 Å². The molecule has 1 aliphatic rings. The fraction of sp³-hybridized carbons (Fsp3) is 0.316. The Labute approximate surface area is 170 Å². The minimum absolute atomic E-state index is 0.0721. The third kappa shape index (κ3) is 4.32. The van der Waals surface area contributed by atoms with Crippen LogP contribution < -0.4 is 11.1 Å². The Balaban J connectivity index is 1.92. The van der Waals surface area contributed by atoms with Crippen molar-refractivity contribution < 1.29 is 30.8 Å². The first kappa shape index (κ1) is 22.2. The molecule has 0 radical (unpaired) electrons. The molecule has 2 aromatic rings. The van der Waals surface area contributed by atoms with E-state index in [1.165, 1.54) is 0 Å². The summed E-state index contributed by atoms with van der Waals surface area (Å²) in [6, 6.07) is 3.34. The van der Waals surface area contributed by atoms with Crippen molar-refractivity contribution in [2.45, 2.75) is 30.2 Å². The summed E-state index contributed by atoms with van der Waals surface area (Å²) in [6.07, 6.45) is 1.93. The van der Waals surface area contributed by atoms with Crippen molar-refractivity contribution in [3.05, 3.63) is 59.2 Å². The average molecular weight is 445 g/mol. The molecule has 3 rings (SSSR count). The van der Waals surface area contributed by atoms with E-state index in [1.807, 2.05) is 0 Å². The van der Waals surface area contributed by atoms with E-state index in [-0.39, 0.29) is 24.3 Å². The minimum atomic E-state index is -4.27. The number of halogens is 4. The van der Waals surface area contributed by atoms with E-state index >= 15 is 0 Å². The first-order valence-corrected chi connectivity index (χ1v) is 10.6. The molecule has 3 N–H and O–H groups in total. The first-order valence-electron chi connectivity index (χ1n) is 9.12. The molecule has 11 heteroatoms. The molecule has 1 amide bonds. The van der Waals surface area contributed by atoms with E-state index < -0.39 is 50.1 Å². The fourth-order valence-corrected chi connectivity index (χ4v) is 5.12. The van der Waals surface area contributed by atoms with E-state index in [0.717, 1.165) is 28.9 Å². The van der Waals surface area contributed by atoms with E-state index in [2.05, 4.69) is 5.32 Å². The molecule has 0 aromatic heterocycles. The Bertz CT molecular complexity index is 1060. The topological polar surface area (TPSA) is 92.5 Å². The standard InChI is InChI=1S/C19H19F4N3O3S/c20-14-5-4-11(19(27)25-12-8-15(21)18(23)16(22)9-12)7-17(14)30(28,29)26-6-2-1-3-13(26)10-24/h4-5,7-9,13H,1-3,6,10,24H2,(H,25,27). The molecule has 1 saturated heterocycles. The summed E-state index contributed by atoms with van der Waals surface area (Å²) in [6.45, 7) is 0.247. The van der Waals surface area contributed by atoms with Crippen LogP contribution in [0.25, 0.3) is 0 Å². The molecule has 0 bridgehead atoms. The highest BCUT2D eigenvalue weighted by atomic mass is 32.2. The number of hydrogen-bond donors (Lipinski definition) is 2. The van der Waals surface area contributed by atoms with E-state index in [1.54, 1.807) is 0 Å². The minimum Gasteiger partial charge on any atom is -0.329 e. The molecule has 30 heavy (non-hydrogen) atoms. The van der Waals surface area contributed by atoms with Crippen LogP contribution in [0, 0.1) is 23.3 Å². The maximum absolute atomic E-state index is 14.4. The van der Waals surface area contributed by atoms with Crippen molar-refractivity contribution in [3.8, 4) is 0 Å². The molecule has 1 heterocycles. The molecule has 1 atom stereocenters. The fourth-order valence-electron chi connectivity index (χ4n) is 3.33. The zero-order valence-corrected chi connectivity index (χ0v) is 16.5. The van der Waals surface area contributed by atoms with Gasteiger partial charge in [-0.3, -0.25) is 4.79 Å². The highest BCUT2D eigenvalue weighted by Gasteiger charge is 2.35. The Morgan fingerprint density at radius 1 is 1.07 bits per heavy atom. The van der Waals surface area contributed by atoms with Gasteiger partial charge in [0.15, 0.2) is 17.5 Å². The second-order valence-corrected chi connectivity index (χ2v) is 8.71. The molecule has 162 valence electrons. The molecule has 1 unspecified atom stereocenters. The third-order valence-electron chi connectivity index (χ3n) is 4.87. The molecule has 6 nitrogen and oxygen atoms in total. The second-order valence-electron chi connectivity index (χ2n) is 6.85. The van der Waals surface area contributed by atoms with Gasteiger partial charge in [-0.1, -0.05) is 6.42 Å². The van der Waals surface area contributed by atoms with Crippen LogP contribution in [0.3, 0.4) is 0 Å². The maximum Gasteiger partial charge on any atom is 0.255 e. The van der Waals surface area contributed by atoms with Gasteiger partial charge in [-0.25, -0.2) is 26.0 Å². The normalized spacial score (nSPS) is 17.7. The Morgan fingerprint density at radius 2 is 1.73 bits per heavy atom. The molecule has 0 aliphatic carbocycles. The number of nitrogens with two attached hydrogens (primary N) is 1. The molecule has 0 saturated carbocycles. The van der Waals surface area contributed by atoms with Gasteiger partial charge in [-0.2, -0.15) is 4.31 Å². The Hall–Kier alpha value is -2.50. The van der Waals surface area contributed by atoms with Crippen LogP contribution in [-0.4, -0.2) is 37.8 Å². The van der Waals surface area contributed by atoms with Gasteiger partial charge in [0.2, 0.25) is 10.0 Å². The lowest BCUT2D eigenvalue weighted by Crippen LogP contribution is -2.47. The zero-order valence-electron chi connectivity index (χ0n) is 15.7. The summed E-state index contributed by atoms with van der Waals surface area (Å²) in [5.41, 5.74) is 5.01. The van der Waals surface area contributed by atoms with Gasteiger partial charge in [0.25, 0.3) is 5.91 Å². The molecule has 1 fully saturated rings. The van der Waals surface area contributed by atoms with Gasteiger partial charge in [0.05, 0.1) is 0 Å². The number of amides is 1. The van der Waals surface area contributed by atoms with Crippen molar-refractivity contribution in [1.82, 2.24) is 4.31 Å². The third-order valence-corrected chi connectivity index (χ3v) is 6.83. The van der Waals surface area contributed by atoms with Crippen LogP contribution in [0.1, 0.15) is 29.6 Å². The number of benzene rings is 2. The van der Waals surface area contributed by atoms with Crippen LogP contribution in [0.5, 0.6) is 0 Å². The van der Waals surface area contributed by atoms with Crippen molar-refractivity contribution in [2.75, 3.05) is 18.4 Å². The molecule has 1 aliphatic heterocycles. The second kappa shape index (κ2) is 8.70. The summed E-state index contributed by atoms with van der Waals surface area (Å²) in [7, 11) is -4.27. The number of carbonyl (C=O) groups excluding carboxylic acids is 1. The summed E-state index contributed by atoms with van der Waals surface area (Å²) >= 11 is 0. The lowest BCUT2D eigenvalue weighted by atomic mass is 10.1. The van der Waals surface area contributed by atoms with Crippen LogP contribution in [-0.2, 0) is 10.0 Å². The van der Waals surface area contributed by atoms with Gasteiger partial charge < -0.3 is 11.1 Å². The van der Waals surface area contributed by atoms with Gasteiger partial charge in [0, 0.05) is 42.5 Å². The van der Waals surface area contributed by atoms with E-state index in [4.69, 9.17) is 5.73 Å².